The van der Waals surface area contributed by atoms with E-state index in [1.807, 2.05) is 0 Å². The fourth-order valence-electron chi connectivity index (χ4n) is 4.02. The maximum atomic E-state index is 7.20. The van der Waals surface area contributed by atoms with E-state index in [1.165, 1.54) is 32.7 Å². The van der Waals surface area contributed by atoms with Gasteiger partial charge in [-0.1, -0.05) is 84.9 Å². The van der Waals surface area contributed by atoms with Crippen molar-refractivity contribution in [3.8, 4) is 0 Å². The van der Waals surface area contributed by atoms with Crippen LogP contribution in [0.3, 0.4) is 0 Å². The van der Waals surface area contributed by atoms with Crippen molar-refractivity contribution >= 4 is 21.5 Å². The summed E-state index contributed by atoms with van der Waals surface area (Å²) in [5.41, 5.74) is 14.8. The molecule has 4 rings (SSSR count). The first-order valence-electron chi connectivity index (χ1n) is 9.19. The van der Waals surface area contributed by atoms with Crippen LogP contribution in [0, 0.1) is 0 Å². The number of hydrogen-bond acceptors (Lipinski definition) is 2. The molecule has 0 heterocycles. The van der Waals surface area contributed by atoms with Crippen LogP contribution < -0.4 is 11.5 Å². The standard InChI is InChI=1S/C24H24N2/c25-17-7-16-24(26,22-14-5-10-18-8-1-3-12-20(18)22)23-15-6-11-19-9-2-4-13-21(19)23/h1-6,8-15H,7,16-17,25-26H2. The van der Waals surface area contributed by atoms with Crippen LogP contribution in [0.15, 0.2) is 84.9 Å². The first-order valence-corrected chi connectivity index (χ1v) is 9.19. The monoisotopic (exact) mass is 340 g/mol. The molecule has 0 aliphatic carbocycles. The molecule has 0 saturated carbocycles. The van der Waals surface area contributed by atoms with Crippen LogP contribution in [0.5, 0.6) is 0 Å². The van der Waals surface area contributed by atoms with E-state index in [0.29, 0.717) is 6.54 Å². The van der Waals surface area contributed by atoms with Gasteiger partial charge in [0.2, 0.25) is 0 Å². The highest BCUT2D eigenvalue weighted by Crippen LogP contribution is 2.39. The number of hydrogen-bond donors (Lipinski definition) is 2. The van der Waals surface area contributed by atoms with Gasteiger partial charge >= 0.3 is 0 Å². The summed E-state index contributed by atoms with van der Waals surface area (Å²) in [5.74, 6) is 0. The van der Waals surface area contributed by atoms with Gasteiger partial charge in [0.05, 0.1) is 5.54 Å². The van der Waals surface area contributed by atoms with Crippen molar-refractivity contribution in [2.75, 3.05) is 6.54 Å². The van der Waals surface area contributed by atoms with Gasteiger partial charge in [0, 0.05) is 0 Å². The molecule has 0 atom stereocenters. The summed E-state index contributed by atoms with van der Waals surface area (Å²) in [4.78, 5) is 0. The fourth-order valence-corrected chi connectivity index (χ4v) is 4.02. The van der Waals surface area contributed by atoms with Gasteiger partial charge in [0.15, 0.2) is 0 Å². The highest BCUT2D eigenvalue weighted by molar-refractivity contribution is 5.91. The third-order valence-corrected chi connectivity index (χ3v) is 5.32. The maximum Gasteiger partial charge on any atom is 0.0678 e. The zero-order valence-electron chi connectivity index (χ0n) is 14.9. The highest BCUT2D eigenvalue weighted by atomic mass is 14.8. The molecule has 4 N–H and O–H groups in total. The molecule has 26 heavy (non-hydrogen) atoms. The van der Waals surface area contributed by atoms with Crippen molar-refractivity contribution in [3.05, 3.63) is 96.1 Å². The second-order valence-corrected chi connectivity index (χ2v) is 6.92. The van der Waals surface area contributed by atoms with Crippen molar-refractivity contribution in [1.82, 2.24) is 0 Å². The minimum Gasteiger partial charge on any atom is -0.330 e. The summed E-state index contributed by atoms with van der Waals surface area (Å²) in [6.07, 6.45) is 1.69. The van der Waals surface area contributed by atoms with Gasteiger partial charge in [-0.15, -0.1) is 0 Å². The summed E-state index contributed by atoms with van der Waals surface area (Å²) < 4.78 is 0. The third kappa shape index (κ3) is 2.78. The summed E-state index contributed by atoms with van der Waals surface area (Å²) in [6.45, 7) is 0.633. The Morgan fingerprint density at radius 2 is 1.08 bits per heavy atom. The molecular weight excluding hydrogens is 316 g/mol. The Kier molecular flexibility index (Phi) is 4.46. The van der Waals surface area contributed by atoms with Crippen LogP contribution in [-0.2, 0) is 5.54 Å². The largest absolute Gasteiger partial charge is 0.330 e. The van der Waals surface area contributed by atoms with Crippen LogP contribution in [0.2, 0.25) is 0 Å². The van der Waals surface area contributed by atoms with E-state index in [4.69, 9.17) is 11.5 Å². The minimum absolute atomic E-state index is 0.582. The molecule has 4 aromatic carbocycles. The molecule has 0 aliphatic heterocycles. The molecular formula is C24H24N2. The number of nitrogens with two attached hydrogens (primary N) is 2. The molecule has 2 heteroatoms. The minimum atomic E-state index is -0.582. The van der Waals surface area contributed by atoms with Crippen LogP contribution in [0.4, 0.5) is 0 Å². The molecule has 0 bridgehead atoms. The summed E-state index contributed by atoms with van der Waals surface area (Å²) >= 11 is 0. The van der Waals surface area contributed by atoms with Crippen molar-refractivity contribution in [2.45, 2.75) is 18.4 Å². The van der Waals surface area contributed by atoms with Crippen LogP contribution >= 0.6 is 0 Å². The fraction of sp³-hybridized carbons (Fsp3) is 0.167. The van der Waals surface area contributed by atoms with Crippen molar-refractivity contribution < 1.29 is 0 Å². The summed E-state index contributed by atoms with van der Waals surface area (Å²) in [7, 11) is 0. The molecule has 0 aliphatic rings. The van der Waals surface area contributed by atoms with Gasteiger partial charge in [-0.25, -0.2) is 0 Å². The topological polar surface area (TPSA) is 52.0 Å². The Bertz CT molecular complexity index is 962. The van der Waals surface area contributed by atoms with Gasteiger partial charge in [-0.2, -0.15) is 0 Å². The molecule has 0 saturated heterocycles. The first kappa shape index (κ1) is 16.8. The van der Waals surface area contributed by atoms with Crippen molar-refractivity contribution in [1.29, 1.82) is 0 Å². The molecule has 0 spiro atoms. The van der Waals surface area contributed by atoms with E-state index in [2.05, 4.69) is 84.9 Å². The van der Waals surface area contributed by atoms with E-state index in [0.717, 1.165) is 12.8 Å². The summed E-state index contributed by atoms with van der Waals surface area (Å²) in [6, 6.07) is 29.8. The van der Waals surface area contributed by atoms with Gasteiger partial charge in [-0.05, 0) is 52.1 Å². The van der Waals surface area contributed by atoms with E-state index in [-0.39, 0.29) is 0 Å². The predicted octanol–water partition coefficient (Wildman–Crippen LogP) is 4.93. The normalized spacial score (nSPS) is 11.9. The average Bonchev–Trinajstić information content (AvgIpc) is 2.71. The molecule has 0 radical (unpaired) electrons. The van der Waals surface area contributed by atoms with E-state index < -0.39 is 5.54 Å². The maximum absolute atomic E-state index is 7.20. The smallest absolute Gasteiger partial charge is 0.0678 e. The van der Waals surface area contributed by atoms with Crippen LogP contribution in [0.1, 0.15) is 24.0 Å². The molecule has 0 unspecified atom stereocenters. The lowest BCUT2D eigenvalue weighted by Crippen LogP contribution is -2.39. The van der Waals surface area contributed by atoms with Crippen LogP contribution in [-0.4, -0.2) is 6.54 Å². The molecule has 0 fully saturated rings. The first-order chi connectivity index (χ1) is 12.7. The van der Waals surface area contributed by atoms with Gasteiger partial charge in [0.25, 0.3) is 0 Å². The quantitative estimate of drug-likeness (QED) is 0.541. The average molecular weight is 340 g/mol. The van der Waals surface area contributed by atoms with E-state index in [9.17, 15) is 0 Å². The molecule has 4 aromatic rings. The molecule has 0 aromatic heterocycles. The van der Waals surface area contributed by atoms with Crippen molar-refractivity contribution in [2.24, 2.45) is 11.5 Å². The number of fused-ring (bicyclic) bond motifs is 2. The zero-order valence-corrected chi connectivity index (χ0v) is 14.9. The Morgan fingerprint density at radius 3 is 1.58 bits per heavy atom. The summed E-state index contributed by atoms with van der Waals surface area (Å²) in [5, 5.41) is 4.85. The van der Waals surface area contributed by atoms with Gasteiger partial charge < -0.3 is 11.5 Å². The Hall–Kier alpha value is -2.68. The Morgan fingerprint density at radius 1 is 0.615 bits per heavy atom. The lowest BCUT2D eigenvalue weighted by molar-refractivity contribution is 0.483. The van der Waals surface area contributed by atoms with Gasteiger partial charge in [0.1, 0.15) is 0 Å². The Balaban J connectivity index is 2.02. The SMILES string of the molecule is NCCCC(N)(c1cccc2ccccc12)c1cccc2ccccc12. The molecule has 0 amide bonds. The highest BCUT2D eigenvalue weighted by Gasteiger charge is 2.32. The number of benzene rings is 4. The zero-order chi connectivity index (χ0) is 18.0. The Labute approximate surface area is 154 Å². The van der Waals surface area contributed by atoms with Crippen LogP contribution in [0.25, 0.3) is 21.5 Å². The second kappa shape index (κ2) is 6.91. The third-order valence-electron chi connectivity index (χ3n) is 5.32. The van der Waals surface area contributed by atoms with E-state index in [1.54, 1.807) is 0 Å². The lowest BCUT2D eigenvalue weighted by Gasteiger charge is -2.33. The lowest BCUT2D eigenvalue weighted by atomic mass is 9.76. The predicted molar refractivity (Wildman–Crippen MR) is 111 cm³/mol. The van der Waals surface area contributed by atoms with Gasteiger partial charge in [-0.3, -0.25) is 0 Å². The van der Waals surface area contributed by atoms with Crippen molar-refractivity contribution in [3.63, 3.8) is 0 Å². The molecule has 2 nitrogen and oxygen atoms in total. The molecule has 130 valence electrons. The van der Waals surface area contributed by atoms with E-state index >= 15 is 0 Å². The number of rotatable bonds is 5. The second-order valence-electron chi connectivity index (χ2n) is 6.92.